The maximum Gasteiger partial charge on any atom is 0.417 e. The number of anilines is 2. The molecule has 0 aliphatic carbocycles. The first-order chi connectivity index (χ1) is 12.2. The third-order valence-corrected chi connectivity index (χ3v) is 3.75. The van der Waals surface area contributed by atoms with Gasteiger partial charge in [-0.3, -0.25) is 4.79 Å². The number of pyridine rings is 1. The van der Waals surface area contributed by atoms with Crippen molar-refractivity contribution < 1.29 is 18.0 Å². The van der Waals surface area contributed by atoms with Gasteiger partial charge in [0.25, 0.3) is 5.91 Å². The van der Waals surface area contributed by atoms with Crippen molar-refractivity contribution in [1.82, 2.24) is 9.88 Å². The van der Waals surface area contributed by atoms with Gasteiger partial charge in [0.15, 0.2) is 0 Å². The summed E-state index contributed by atoms with van der Waals surface area (Å²) in [4.78, 5) is 18.3. The van der Waals surface area contributed by atoms with Gasteiger partial charge in [0.2, 0.25) is 0 Å². The van der Waals surface area contributed by atoms with Gasteiger partial charge in [-0.05, 0) is 44.4 Å². The van der Waals surface area contributed by atoms with Gasteiger partial charge in [0.1, 0.15) is 5.82 Å². The average Bonchev–Trinajstić information content (AvgIpc) is 2.56. The zero-order chi connectivity index (χ0) is 19.3. The molecule has 26 heavy (non-hydrogen) atoms. The lowest BCUT2D eigenvalue weighted by Crippen LogP contribution is -2.21. The smallest absolute Gasteiger partial charge is 0.369 e. The highest BCUT2D eigenvalue weighted by molar-refractivity contribution is 6.31. The van der Waals surface area contributed by atoms with E-state index in [1.807, 2.05) is 19.0 Å². The largest absolute Gasteiger partial charge is 0.417 e. The van der Waals surface area contributed by atoms with Crippen LogP contribution in [0.3, 0.4) is 0 Å². The number of rotatable bonds is 6. The lowest BCUT2D eigenvalue weighted by Gasteiger charge is -2.12. The predicted molar refractivity (Wildman–Crippen MR) is 95.7 cm³/mol. The molecule has 0 bridgehead atoms. The van der Waals surface area contributed by atoms with Crippen molar-refractivity contribution in [2.24, 2.45) is 0 Å². The van der Waals surface area contributed by atoms with E-state index in [1.165, 1.54) is 12.3 Å². The molecule has 2 N–H and O–H groups in total. The van der Waals surface area contributed by atoms with Crippen LogP contribution in [0.25, 0.3) is 0 Å². The van der Waals surface area contributed by atoms with Crippen molar-refractivity contribution in [3.8, 4) is 0 Å². The molecule has 140 valence electrons. The molecule has 9 heteroatoms. The summed E-state index contributed by atoms with van der Waals surface area (Å²) >= 11 is 5.56. The third kappa shape index (κ3) is 5.60. The molecule has 2 rings (SSSR count). The highest BCUT2D eigenvalue weighted by Crippen LogP contribution is 2.36. The van der Waals surface area contributed by atoms with Crippen molar-refractivity contribution in [3.63, 3.8) is 0 Å². The van der Waals surface area contributed by atoms with E-state index in [2.05, 4.69) is 15.6 Å². The van der Waals surface area contributed by atoms with Crippen molar-refractivity contribution in [2.75, 3.05) is 37.8 Å². The first kappa shape index (κ1) is 20.0. The Morgan fingerprint density at radius 3 is 2.54 bits per heavy atom. The number of aromatic nitrogens is 1. The van der Waals surface area contributed by atoms with E-state index in [9.17, 15) is 18.0 Å². The predicted octanol–water partition coefficient (Wildman–Crippen LogP) is 3.98. The van der Waals surface area contributed by atoms with E-state index in [0.29, 0.717) is 12.4 Å². The Kier molecular flexibility index (Phi) is 6.44. The Bertz CT molecular complexity index is 764. The molecule has 2 aromatic rings. The lowest BCUT2D eigenvalue weighted by atomic mass is 10.2. The highest BCUT2D eigenvalue weighted by atomic mass is 35.5. The fourth-order valence-corrected chi connectivity index (χ4v) is 2.29. The van der Waals surface area contributed by atoms with Crippen LogP contribution in [0.4, 0.5) is 24.7 Å². The second-order valence-corrected chi connectivity index (χ2v) is 6.22. The molecule has 1 aromatic carbocycles. The number of hydrogen-bond acceptors (Lipinski definition) is 4. The van der Waals surface area contributed by atoms with E-state index < -0.39 is 22.7 Å². The van der Waals surface area contributed by atoms with Gasteiger partial charge in [-0.25, -0.2) is 4.98 Å². The van der Waals surface area contributed by atoms with Crippen molar-refractivity contribution >= 4 is 29.0 Å². The molecule has 1 amide bonds. The van der Waals surface area contributed by atoms with Gasteiger partial charge in [0.05, 0.1) is 16.1 Å². The van der Waals surface area contributed by atoms with Gasteiger partial charge in [0, 0.05) is 25.0 Å². The molecule has 0 fully saturated rings. The van der Waals surface area contributed by atoms with E-state index in [4.69, 9.17) is 11.6 Å². The number of nitrogens with one attached hydrogen (secondary N) is 2. The fourth-order valence-electron chi connectivity index (χ4n) is 2.06. The maximum absolute atomic E-state index is 12.9. The number of likely N-dealkylation sites (N-methyl/N-ethyl adjacent to an activating group) is 1. The van der Waals surface area contributed by atoms with Crippen LogP contribution >= 0.6 is 11.6 Å². The fraction of sp³-hybridized carbons (Fsp3) is 0.294. The van der Waals surface area contributed by atoms with E-state index in [0.717, 1.165) is 18.7 Å². The second kappa shape index (κ2) is 8.37. The molecule has 0 unspecified atom stereocenters. The van der Waals surface area contributed by atoms with Crippen LogP contribution in [0.5, 0.6) is 0 Å². The molecule has 0 aliphatic heterocycles. The number of hydrogen-bond donors (Lipinski definition) is 2. The van der Waals surface area contributed by atoms with Crippen LogP contribution in [0.15, 0.2) is 36.5 Å². The number of carbonyl (C=O) groups is 1. The van der Waals surface area contributed by atoms with Gasteiger partial charge >= 0.3 is 6.18 Å². The number of alkyl halides is 3. The van der Waals surface area contributed by atoms with E-state index in [-0.39, 0.29) is 11.3 Å². The maximum atomic E-state index is 12.9. The van der Waals surface area contributed by atoms with Crippen molar-refractivity contribution in [2.45, 2.75) is 6.18 Å². The van der Waals surface area contributed by atoms with Crippen LogP contribution < -0.4 is 10.6 Å². The SMILES string of the molecule is CN(C)CCNc1ccc(C(=O)Nc2ccc(Cl)c(C(F)(F)F)c2)cn1. The van der Waals surface area contributed by atoms with Gasteiger partial charge in [-0.1, -0.05) is 11.6 Å². The lowest BCUT2D eigenvalue weighted by molar-refractivity contribution is -0.137. The van der Waals surface area contributed by atoms with Crippen molar-refractivity contribution in [3.05, 3.63) is 52.7 Å². The molecule has 0 atom stereocenters. The summed E-state index contributed by atoms with van der Waals surface area (Å²) in [7, 11) is 3.90. The van der Waals surface area contributed by atoms with Crippen LogP contribution in [0.2, 0.25) is 5.02 Å². The summed E-state index contributed by atoms with van der Waals surface area (Å²) in [5, 5.41) is 5.08. The first-order valence-corrected chi connectivity index (χ1v) is 8.07. The van der Waals surface area contributed by atoms with Crippen molar-refractivity contribution in [1.29, 1.82) is 0 Å². The van der Waals surface area contributed by atoms with Gasteiger partial charge < -0.3 is 15.5 Å². The average molecular weight is 387 g/mol. The molecule has 1 heterocycles. The molecule has 0 radical (unpaired) electrons. The molecule has 1 aromatic heterocycles. The monoisotopic (exact) mass is 386 g/mol. The van der Waals surface area contributed by atoms with Gasteiger partial charge in [-0.15, -0.1) is 0 Å². The van der Waals surface area contributed by atoms with Crippen LogP contribution in [-0.2, 0) is 6.18 Å². The molecule has 0 saturated carbocycles. The standard InChI is InChI=1S/C17H18ClF3N4O/c1-25(2)8-7-22-15-6-3-11(10-23-15)16(26)24-12-4-5-14(18)13(9-12)17(19,20)21/h3-6,9-10H,7-8H2,1-2H3,(H,22,23)(H,24,26). The first-order valence-electron chi connectivity index (χ1n) is 7.69. The summed E-state index contributed by atoms with van der Waals surface area (Å²) in [6.07, 6.45) is -3.24. The molecule has 5 nitrogen and oxygen atoms in total. The summed E-state index contributed by atoms with van der Waals surface area (Å²) in [6, 6.07) is 6.37. The number of nitrogens with zero attached hydrogens (tertiary/aromatic N) is 2. The summed E-state index contributed by atoms with van der Waals surface area (Å²) < 4.78 is 38.6. The third-order valence-electron chi connectivity index (χ3n) is 3.42. The Hall–Kier alpha value is -2.32. The van der Waals surface area contributed by atoms with Crippen LogP contribution in [0.1, 0.15) is 15.9 Å². The quantitative estimate of drug-likeness (QED) is 0.788. The minimum Gasteiger partial charge on any atom is -0.369 e. The second-order valence-electron chi connectivity index (χ2n) is 5.81. The van der Waals surface area contributed by atoms with Gasteiger partial charge in [-0.2, -0.15) is 13.2 Å². The normalized spacial score (nSPS) is 11.5. The van der Waals surface area contributed by atoms with E-state index in [1.54, 1.807) is 12.1 Å². The zero-order valence-electron chi connectivity index (χ0n) is 14.2. The molecule has 0 spiro atoms. The zero-order valence-corrected chi connectivity index (χ0v) is 14.9. The Morgan fingerprint density at radius 2 is 1.96 bits per heavy atom. The summed E-state index contributed by atoms with van der Waals surface area (Å²) in [5.41, 5.74) is -0.776. The summed E-state index contributed by atoms with van der Waals surface area (Å²) in [6.45, 7) is 1.51. The topological polar surface area (TPSA) is 57.3 Å². The van der Waals surface area contributed by atoms with Crippen LogP contribution in [0, 0.1) is 0 Å². The summed E-state index contributed by atoms with van der Waals surface area (Å²) in [5.74, 6) is 0.0436. The Labute approximate surface area is 154 Å². The number of amides is 1. The minimum atomic E-state index is -4.60. The Morgan fingerprint density at radius 1 is 1.23 bits per heavy atom. The van der Waals surface area contributed by atoms with E-state index >= 15 is 0 Å². The molecule has 0 saturated heterocycles. The molecule has 0 aliphatic rings. The minimum absolute atomic E-state index is 0.0000838. The Balaban J connectivity index is 2.04. The molecular weight excluding hydrogens is 369 g/mol. The van der Waals surface area contributed by atoms with Crippen LogP contribution in [-0.4, -0.2) is 43.0 Å². The highest BCUT2D eigenvalue weighted by Gasteiger charge is 2.33. The molecular formula is C17H18ClF3N4O. The number of halogens is 4. The number of benzene rings is 1. The number of carbonyl (C=O) groups excluding carboxylic acids is 1.